The molecule has 0 bridgehead atoms. The van der Waals surface area contributed by atoms with Crippen molar-refractivity contribution in [3.05, 3.63) is 0 Å². The molecule has 2 aliphatic rings. The van der Waals surface area contributed by atoms with Gasteiger partial charge in [-0.3, -0.25) is 0 Å². The summed E-state index contributed by atoms with van der Waals surface area (Å²) in [7, 11) is 0. The van der Waals surface area contributed by atoms with E-state index < -0.39 is 0 Å². The second-order valence-electron chi connectivity index (χ2n) is 4.75. The molecule has 2 aliphatic heterocycles. The molecule has 3 heteroatoms. The highest BCUT2D eigenvalue weighted by atomic mass is 16.3. The first kappa shape index (κ1) is 10.4. The molecule has 0 spiro atoms. The van der Waals surface area contributed by atoms with Crippen molar-refractivity contribution in [2.24, 2.45) is 5.92 Å². The molecule has 2 unspecified atom stereocenters. The summed E-state index contributed by atoms with van der Waals surface area (Å²) in [4.78, 5) is 2.59. The number of nitrogens with one attached hydrogen (secondary N) is 1. The fourth-order valence-electron chi connectivity index (χ4n) is 2.69. The van der Waals surface area contributed by atoms with E-state index in [1.165, 1.54) is 38.9 Å². The predicted octanol–water partition coefficient (Wildman–Crippen LogP) is 0.443. The first-order valence-corrected chi connectivity index (χ1v) is 5.95. The predicted molar refractivity (Wildman–Crippen MR) is 57.3 cm³/mol. The molecule has 2 heterocycles. The Kier molecular flexibility index (Phi) is 3.79. The lowest BCUT2D eigenvalue weighted by Gasteiger charge is -2.28. The molecular formula is C11H22N2O. The summed E-state index contributed by atoms with van der Waals surface area (Å²) >= 11 is 0. The molecule has 2 N–H and O–H groups in total. The van der Waals surface area contributed by atoms with Gasteiger partial charge in [0.2, 0.25) is 0 Å². The molecule has 0 radical (unpaired) electrons. The van der Waals surface area contributed by atoms with E-state index in [2.05, 4.69) is 10.2 Å². The van der Waals surface area contributed by atoms with Crippen molar-refractivity contribution < 1.29 is 5.11 Å². The molecule has 0 aromatic rings. The average Bonchev–Trinajstić information content (AvgIpc) is 2.67. The van der Waals surface area contributed by atoms with Gasteiger partial charge in [0, 0.05) is 12.6 Å². The highest BCUT2D eigenvalue weighted by molar-refractivity contribution is 4.83. The van der Waals surface area contributed by atoms with E-state index in [0.717, 1.165) is 18.9 Å². The number of aliphatic hydroxyl groups is 1. The largest absolute Gasteiger partial charge is 0.395 e. The van der Waals surface area contributed by atoms with E-state index in [1.54, 1.807) is 0 Å². The summed E-state index contributed by atoms with van der Waals surface area (Å²) in [6.45, 7) is 5.22. The van der Waals surface area contributed by atoms with E-state index in [-0.39, 0.29) is 0 Å². The fraction of sp³-hybridized carbons (Fsp3) is 1.00. The third-order valence-electron chi connectivity index (χ3n) is 3.50. The van der Waals surface area contributed by atoms with Crippen LogP contribution in [0.5, 0.6) is 0 Å². The van der Waals surface area contributed by atoms with Crippen molar-refractivity contribution in [1.29, 1.82) is 0 Å². The molecule has 0 aromatic heterocycles. The van der Waals surface area contributed by atoms with Crippen LogP contribution in [-0.4, -0.2) is 48.8 Å². The van der Waals surface area contributed by atoms with Crippen LogP contribution in [0.3, 0.4) is 0 Å². The first-order chi connectivity index (χ1) is 6.88. The monoisotopic (exact) mass is 198 g/mol. The summed E-state index contributed by atoms with van der Waals surface area (Å²) in [6.07, 6.45) is 5.33. The Morgan fingerprint density at radius 3 is 2.64 bits per heavy atom. The molecule has 82 valence electrons. The normalized spacial score (nSPS) is 34.9. The third-order valence-corrected chi connectivity index (χ3v) is 3.50. The van der Waals surface area contributed by atoms with Crippen molar-refractivity contribution in [1.82, 2.24) is 10.2 Å². The van der Waals surface area contributed by atoms with Gasteiger partial charge in [-0.05, 0) is 44.8 Å². The van der Waals surface area contributed by atoms with Crippen LogP contribution in [0.4, 0.5) is 0 Å². The smallest absolute Gasteiger partial charge is 0.0584 e. The van der Waals surface area contributed by atoms with Gasteiger partial charge in [-0.1, -0.05) is 6.42 Å². The van der Waals surface area contributed by atoms with Gasteiger partial charge >= 0.3 is 0 Å². The Hall–Kier alpha value is -0.120. The third kappa shape index (κ3) is 2.69. The van der Waals surface area contributed by atoms with Crippen LogP contribution in [0.2, 0.25) is 0 Å². The van der Waals surface area contributed by atoms with Gasteiger partial charge in [-0.15, -0.1) is 0 Å². The minimum atomic E-state index is 0.302. The van der Waals surface area contributed by atoms with Crippen LogP contribution in [0.15, 0.2) is 0 Å². The molecule has 0 aliphatic carbocycles. The maximum Gasteiger partial charge on any atom is 0.0584 e. The molecule has 2 fully saturated rings. The molecule has 2 saturated heterocycles. The first-order valence-electron chi connectivity index (χ1n) is 5.95. The van der Waals surface area contributed by atoms with Crippen LogP contribution < -0.4 is 5.32 Å². The molecule has 2 atom stereocenters. The molecule has 2 rings (SSSR count). The Bertz CT molecular complexity index is 169. The molecular weight excluding hydrogens is 176 g/mol. The molecule has 0 aromatic carbocycles. The minimum absolute atomic E-state index is 0.302. The van der Waals surface area contributed by atoms with Crippen molar-refractivity contribution in [2.45, 2.75) is 31.7 Å². The number of rotatable bonds is 3. The Morgan fingerprint density at radius 1 is 1.21 bits per heavy atom. The van der Waals surface area contributed by atoms with Crippen LogP contribution in [0, 0.1) is 5.92 Å². The van der Waals surface area contributed by atoms with Gasteiger partial charge in [0.25, 0.3) is 0 Å². The molecule has 0 amide bonds. The van der Waals surface area contributed by atoms with Crippen molar-refractivity contribution in [3.8, 4) is 0 Å². The lowest BCUT2D eigenvalue weighted by molar-refractivity contribution is 0.196. The summed E-state index contributed by atoms with van der Waals surface area (Å²) in [6, 6.07) is 0.366. The lowest BCUT2D eigenvalue weighted by atomic mass is 10.0. The number of likely N-dealkylation sites (tertiary alicyclic amines) is 1. The second-order valence-corrected chi connectivity index (χ2v) is 4.75. The number of hydrogen-bond donors (Lipinski definition) is 2. The van der Waals surface area contributed by atoms with E-state index in [0.29, 0.717) is 12.6 Å². The Balaban J connectivity index is 1.69. The van der Waals surface area contributed by atoms with E-state index in [4.69, 9.17) is 5.11 Å². The van der Waals surface area contributed by atoms with Crippen LogP contribution in [0.25, 0.3) is 0 Å². The van der Waals surface area contributed by atoms with Gasteiger partial charge in [0.1, 0.15) is 0 Å². The van der Waals surface area contributed by atoms with Crippen molar-refractivity contribution >= 4 is 0 Å². The molecule has 3 nitrogen and oxygen atoms in total. The highest BCUT2D eigenvalue weighted by Crippen LogP contribution is 2.17. The maximum atomic E-state index is 9.01. The zero-order valence-electron chi connectivity index (χ0n) is 8.91. The van der Waals surface area contributed by atoms with Gasteiger partial charge in [0.15, 0.2) is 0 Å². The van der Waals surface area contributed by atoms with Gasteiger partial charge in [-0.25, -0.2) is 0 Å². The van der Waals surface area contributed by atoms with Crippen molar-refractivity contribution in [3.63, 3.8) is 0 Å². The Morgan fingerprint density at radius 2 is 2.00 bits per heavy atom. The summed E-state index contributed by atoms with van der Waals surface area (Å²) in [5.41, 5.74) is 0. The lowest BCUT2D eigenvalue weighted by Crippen LogP contribution is -2.34. The summed E-state index contributed by atoms with van der Waals surface area (Å²) in [5, 5.41) is 12.4. The molecule has 0 saturated carbocycles. The fourth-order valence-corrected chi connectivity index (χ4v) is 2.69. The highest BCUT2D eigenvalue weighted by Gasteiger charge is 2.25. The van der Waals surface area contributed by atoms with E-state index in [1.807, 2.05) is 0 Å². The zero-order valence-corrected chi connectivity index (χ0v) is 8.91. The minimum Gasteiger partial charge on any atom is -0.395 e. The van der Waals surface area contributed by atoms with Crippen LogP contribution in [0.1, 0.15) is 25.7 Å². The molecule has 14 heavy (non-hydrogen) atoms. The number of aliphatic hydroxyl groups excluding tert-OH is 1. The van der Waals surface area contributed by atoms with Crippen molar-refractivity contribution in [2.75, 3.05) is 32.8 Å². The standard InChI is InChI=1S/C11H22N2O/c14-9-11-6-10(7-12-11)8-13-4-2-1-3-5-13/h10-12,14H,1-9H2. The van der Waals surface area contributed by atoms with Crippen LogP contribution in [-0.2, 0) is 0 Å². The maximum absolute atomic E-state index is 9.01. The topological polar surface area (TPSA) is 35.5 Å². The van der Waals surface area contributed by atoms with E-state index >= 15 is 0 Å². The average molecular weight is 198 g/mol. The van der Waals surface area contributed by atoms with Gasteiger partial charge in [0.05, 0.1) is 6.61 Å². The summed E-state index contributed by atoms with van der Waals surface area (Å²) < 4.78 is 0. The number of hydrogen-bond acceptors (Lipinski definition) is 3. The Labute approximate surface area is 86.5 Å². The second kappa shape index (κ2) is 5.10. The van der Waals surface area contributed by atoms with Gasteiger partial charge in [-0.2, -0.15) is 0 Å². The van der Waals surface area contributed by atoms with Crippen LogP contribution >= 0.6 is 0 Å². The SMILES string of the molecule is OCC1CC(CN2CCCCC2)CN1. The van der Waals surface area contributed by atoms with E-state index in [9.17, 15) is 0 Å². The number of piperidine rings is 1. The number of nitrogens with zero attached hydrogens (tertiary/aromatic N) is 1. The summed E-state index contributed by atoms with van der Waals surface area (Å²) in [5.74, 6) is 0.769. The zero-order chi connectivity index (χ0) is 9.80. The van der Waals surface area contributed by atoms with Gasteiger partial charge < -0.3 is 15.3 Å². The quantitative estimate of drug-likeness (QED) is 0.691.